The third-order valence-electron chi connectivity index (χ3n) is 3.32. The molecule has 17 heavy (non-hydrogen) atoms. The molecule has 1 fully saturated rings. The van der Waals surface area contributed by atoms with Crippen LogP contribution in [0.3, 0.4) is 0 Å². The van der Waals surface area contributed by atoms with Crippen molar-refractivity contribution in [1.82, 2.24) is 10.2 Å². The second-order valence-corrected chi connectivity index (χ2v) is 4.84. The fraction of sp³-hybridized carbons (Fsp3) is 0.500. The summed E-state index contributed by atoms with van der Waals surface area (Å²) in [6, 6.07) is 8.72. The summed E-state index contributed by atoms with van der Waals surface area (Å²) in [4.78, 5) is 2.47. The lowest BCUT2D eigenvalue weighted by Gasteiger charge is -2.32. The minimum Gasteiger partial charge on any atom is -0.312 e. The molecular weight excluding hydrogens is 210 g/mol. The number of nitrogens with zero attached hydrogens (tertiary/aromatic N) is 2. The summed E-state index contributed by atoms with van der Waals surface area (Å²) in [5.74, 6) is 0. The average molecular weight is 229 g/mol. The van der Waals surface area contributed by atoms with Gasteiger partial charge in [-0.1, -0.05) is 6.07 Å². The summed E-state index contributed by atoms with van der Waals surface area (Å²) in [5, 5.41) is 12.3. The molecule has 1 aliphatic rings. The Balaban J connectivity index is 2.06. The highest BCUT2D eigenvalue weighted by Crippen LogP contribution is 2.14. The predicted molar refractivity (Wildman–Crippen MR) is 68.6 cm³/mol. The summed E-state index contributed by atoms with van der Waals surface area (Å²) >= 11 is 0. The lowest BCUT2D eigenvalue weighted by molar-refractivity contribution is 0.199. The minimum atomic E-state index is 0.572. The number of hydrogen-bond acceptors (Lipinski definition) is 3. The summed E-state index contributed by atoms with van der Waals surface area (Å²) in [6.45, 7) is 8.56. The van der Waals surface area contributed by atoms with Crippen LogP contribution in [0, 0.1) is 18.3 Å². The summed E-state index contributed by atoms with van der Waals surface area (Å²) in [6.07, 6.45) is 0. The topological polar surface area (TPSA) is 39.1 Å². The molecule has 0 radical (unpaired) electrons. The highest BCUT2D eigenvalue weighted by Gasteiger charge is 2.16. The predicted octanol–water partition coefficient (Wildman–Crippen LogP) is 1.66. The van der Waals surface area contributed by atoms with E-state index in [2.05, 4.69) is 36.2 Å². The van der Waals surface area contributed by atoms with Gasteiger partial charge in [-0.05, 0) is 37.1 Å². The number of rotatable bonds is 2. The molecule has 1 aromatic rings. The van der Waals surface area contributed by atoms with Crippen LogP contribution in [0.4, 0.5) is 0 Å². The number of hydrogen-bond donors (Lipinski definition) is 1. The first-order chi connectivity index (χ1) is 8.19. The van der Waals surface area contributed by atoms with Gasteiger partial charge >= 0.3 is 0 Å². The van der Waals surface area contributed by atoms with Gasteiger partial charge in [0.25, 0.3) is 0 Å². The largest absolute Gasteiger partial charge is 0.312 e. The van der Waals surface area contributed by atoms with Gasteiger partial charge in [-0.15, -0.1) is 0 Å². The fourth-order valence-electron chi connectivity index (χ4n) is 2.34. The van der Waals surface area contributed by atoms with Crippen LogP contribution < -0.4 is 5.32 Å². The number of piperazine rings is 1. The second-order valence-electron chi connectivity index (χ2n) is 4.84. The van der Waals surface area contributed by atoms with E-state index in [1.54, 1.807) is 0 Å². The Hall–Kier alpha value is -1.37. The third-order valence-corrected chi connectivity index (χ3v) is 3.32. The Labute approximate surface area is 103 Å². The highest BCUT2D eigenvalue weighted by molar-refractivity contribution is 5.37. The van der Waals surface area contributed by atoms with Gasteiger partial charge in [-0.2, -0.15) is 5.26 Å². The van der Waals surface area contributed by atoms with Gasteiger partial charge in [0, 0.05) is 32.2 Å². The van der Waals surface area contributed by atoms with E-state index in [4.69, 9.17) is 5.26 Å². The molecule has 0 aromatic heterocycles. The van der Waals surface area contributed by atoms with E-state index < -0.39 is 0 Å². The summed E-state index contributed by atoms with van der Waals surface area (Å²) in [5.41, 5.74) is 3.30. The summed E-state index contributed by atoms with van der Waals surface area (Å²) in [7, 11) is 0. The zero-order valence-corrected chi connectivity index (χ0v) is 10.5. The zero-order valence-electron chi connectivity index (χ0n) is 10.5. The van der Waals surface area contributed by atoms with Gasteiger partial charge in [-0.3, -0.25) is 4.90 Å². The molecule has 0 aliphatic carbocycles. The molecule has 0 spiro atoms. The van der Waals surface area contributed by atoms with Gasteiger partial charge in [0.2, 0.25) is 0 Å². The van der Waals surface area contributed by atoms with Gasteiger partial charge in [0.05, 0.1) is 11.6 Å². The standard InChI is InChI=1S/C14H19N3/c1-11-7-13(8-15)3-4-14(11)10-17-6-5-16-12(2)9-17/h3-4,7,12,16H,5-6,9-10H2,1-2H3. The molecule has 1 aliphatic heterocycles. The number of nitrogens with one attached hydrogen (secondary N) is 1. The first-order valence-corrected chi connectivity index (χ1v) is 6.14. The lowest BCUT2D eigenvalue weighted by Crippen LogP contribution is -2.48. The lowest BCUT2D eigenvalue weighted by atomic mass is 10.0. The Bertz CT molecular complexity index is 434. The monoisotopic (exact) mass is 229 g/mol. The Kier molecular flexibility index (Phi) is 3.78. The van der Waals surface area contributed by atoms with Crippen molar-refractivity contribution in [1.29, 1.82) is 5.26 Å². The maximum absolute atomic E-state index is 8.84. The molecule has 3 nitrogen and oxygen atoms in total. The average Bonchev–Trinajstić information content (AvgIpc) is 2.32. The molecule has 1 N–H and O–H groups in total. The minimum absolute atomic E-state index is 0.572. The van der Waals surface area contributed by atoms with Crippen LogP contribution in [-0.4, -0.2) is 30.6 Å². The molecule has 1 unspecified atom stereocenters. The molecule has 1 atom stereocenters. The quantitative estimate of drug-likeness (QED) is 0.838. The van der Waals surface area contributed by atoms with Crippen molar-refractivity contribution in [2.75, 3.05) is 19.6 Å². The van der Waals surface area contributed by atoms with Crippen molar-refractivity contribution in [2.45, 2.75) is 26.4 Å². The van der Waals surface area contributed by atoms with Gasteiger partial charge in [0.1, 0.15) is 0 Å². The third kappa shape index (κ3) is 3.06. The van der Waals surface area contributed by atoms with Crippen molar-refractivity contribution in [3.05, 3.63) is 34.9 Å². The normalized spacial score (nSPS) is 21.1. The van der Waals surface area contributed by atoms with Crippen LogP contribution >= 0.6 is 0 Å². The summed E-state index contributed by atoms with van der Waals surface area (Å²) < 4.78 is 0. The molecular formula is C14H19N3. The van der Waals surface area contributed by atoms with Crippen LogP contribution in [0.25, 0.3) is 0 Å². The van der Waals surface area contributed by atoms with E-state index in [0.717, 1.165) is 31.7 Å². The molecule has 1 saturated heterocycles. The van der Waals surface area contributed by atoms with Crippen LogP contribution in [-0.2, 0) is 6.54 Å². The molecule has 2 rings (SSSR count). The number of nitriles is 1. The maximum Gasteiger partial charge on any atom is 0.0991 e. The Morgan fingerprint density at radius 2 is 2.35 bits per heavy atom. The smallest absolute Gasteiger partial charge is 0.0991 e. The van der Waals surface area contributed by atoms with Crippen molar-refractivity contribution >= 4 is 0 Å². The molecule has 1 heterocycles. The molecule has 1 aromatic carbocycles. The SMILES string of the molecule is Cc1cc(C#N)ccc1CN1CCNC(C)C1. The van der Waals surface area contributed by atoms with E-state index in [1.165, 1.54) is 11.1 Å². The van der Waals surface area contributed by atoms with Crippen LogP contribution in [0.5, 0.6) is 0 Å². The van der Waals surface area contributed by atoms with Gasteiger partial charge in [-0.25, -0.2) is 0 Å². The van der Waals surface area contributed by atoms with Crippen molar-refractivity contribution in [2.24, 2.45) is 0 Å². The van der Waals surface area contributed by atoms with Crippen LogP contribution in [0.2, 0.25) is 0 Å². The van der Waals surface area contributed by atoms with Crippen molar-refractivity contribution in [3.63, 3.8) is 0 Å². The fourth-order valence-corrected chi connectivity index (χ4v) is 2.34. The van der Waals surface area contributed by atoms with Crippen molar-refractivity contribution < 1.29 is 0 Å². The number of aryl methyl sites for hydroxylation is 1. The van der Waals surface area contributed by atoms with Gasteiger partial charge < -0.3 is 5.32 Å². The van der Waals surface area contributed by atoms with Crippen molar-refractivity contribution in [3.8, 4) is 6.07 Å². The second kappa shape index (κ2) is 5.31. The maximum atomic E-state index is 8.84. The van der Waals surface area contributed by atoms with E-state index in [-0.39, 0.29) is 0 Å². The van der Waals surface area contributed by atoms with Gasteiger partial charge in [0.15, 0.2) is 0 Å². The molecule has 3 heteroatoms. The Morgan fingerprint density at radius 3 is 3.00 bits per heavy atom. The van der Waals surface area contributed by atoms with E-state index >= 15 is 0 Å². The molecule has 0 bridgehead atoms. The first-order valence-electron chi connectivity index (χ1n) is 6.14. The highest BCUT2D eigenvalue weighted by atomic mass is 15.2. The Morgan fingerprint density at radius 1 is 1.53 bits per heavy atom. The van der Waals surface area contributed by atoms with E-state index in [1.807, 2.05) is 12.1 Å². The first kappa shape index (κ1) is 12.1. The molecule has 0 amide bonds. The number of benzene rings is 1. The van der Waals surface area contributed by atoms with Crippen LogP contribution in [0.1, 0.15) is 23.6 Å². The zero-order chi connectivity index (χ0) is 12.3. The van der Waals surface area contributed by atoms with E-state index in [9.17, 15) is 0 Å². The molecule has 0 saturated carbocycles. The van der Waals surface area contributed by atoms with E-state index in [0.29, 0.717) is 6.04 Å². The van der Waals surface area contributed by atoms with Crippen LogP contribution in [0.15, 0.2) is 18.2 Å². The molecule has 90 valence electrons.